The van der Waals surface area contributed by atoms with Gasteiger partial charge in [-0.25, -0.2) is 0 Å². The molecule has 0 aromatic heterocycles. The largest absolute Gasteiger partial charge is 0.303 e. The molecular formula is C17H36N2. The van der Waals surface area contributed by atoms with Crippen molar-refractivity contribution < 1.29 is 0 Å². The van der Waals surface area contributed by atoms with E-state index in [4.69, 9.17) is 0 Å². The maximum absolute atomic E-state index is 2.58. The van der Waals surface area contributed by atoms with Gasteiger partial charge < -0.3 is 9.80 Å². The zero-order valence-corrected chi connectivity index (χ0v) is 13.8. The molecular weight excluding hydrogens is 232 g/mol. The molecule has 0 unspecified atom stereocenters. The van der Waals surface area contributed by atoms with Crippen LogP contribution in [0.1, 0.15) is 59.8 Å². The Labute approximate surface area is 121 Å². The average molecular weight is 268 g/mol. The van der Waals surface area contributed by atoms with Gasteiger partial charge in [0.25, 0.3) is 0 Å². The van der Waals surface area contributed by atoms with Crippen LogP contribution in [0, 0.1) is 11.8 Å². The molecule has 2 aliphatic heterocycles. The standard InChI is InChI=1S/C9H19N.C8H17N/c1-9(2)5-8-10-6-3-4-7-10;1-8(2)4-7-9-5-3-6-9/h9H,3-8H2,1-2H3;8H,3-7H2,1-2H3. The van der Waals surface area contributed by atoms with Gasteiger partial charge in [0.15, 0.2) is 0 Å². The SMILES string of the molecule is CC(C)CCN1CCC1.CC(C)CCN1CCCC1. The Hall–Kier alpha value is -0.0800. The van der Waals surface area contributed by atoms with Crippen LogP contribution in [0.15, 0.2) is 0 Å². The Bertz CT molecular complexity index is 203. The van der Waals surface area contributed by atoms with Crippen molar-refractivity contribution in [1.82, 2.24) is 9.80 Å². The molecule has 0 atom stereocenters. The van der Waals surface area contributed by atoms with Crippen LogP contribution < -0.4 is 0 Å². The summed E-state index contributed by atoms with van der Waals surface area (Å²) >= 11 is 0. The van der Waals surface area contributed by atoms with E-state index in [1.54, 1.807) is 0 Å². The van der Waals surface area contributed by atoms with Crippen LogP contribution in [0.4, 0.5) is 0 Å². The van der Waals surface area contributed by atoms with Gasteiger partial charge in [-0.15, -0.1) is 0 Å². The van der Waals surface area contributed by atoms with Gasteiger partial charge in [-0.2, -0.15) is 0 Å². The van der Waals surface area contributed by atoms with Crippen molar-refractivity contribution in [3.63, 3.8) is 0 Å². The zero-order chi connectivity index (χ0) is 14.1. The number of rotatable bonds is 6. The molecule has 2 rings (SSSR count). The van der Waals surface area contributed by atoms with Gasteiger partial charge in [-0.1, -0.05) is 27.7 Å². The van der Waals surface area contributed by atoms with Crippen LogP contribution in [0.2, 0.25) is 0 Å². The highest BCUT2D eigenvalue weighted by atomic mass is 15.2. The fourth-order valence-electron chi connectivity index (χ4n) is 2.49. The van der Waals surface area contributed by atoms with E-state index in [0.29, 0.717) is 0 Å². The van der Waals surface area contributed by atoms with Crippen LogP contribution in [0.25, 0.3) is 0 Å². The fourth-order valence-corrected chi connectivity index (χ4v) is 2.49. The van der Waals surface area contributed by atoms with Crippen LogP contribution in [-0.2, 0) is 0 Å². The maximum atomic E-state index is 2.58. The van der Waals surface area contributed by atoms with Crippen molar-refractivity contribution in [3.8, 4) is 0 Å². The fraction of sp³-hybridized carbons (Fsp3) is 1.00. The van der Waals surface area contributed by atoms with Gasteiger partial charge in [0.2, 0.25) is 0 Å². The minimum Gasteiger partial charge on any atom is -0.303 e. The maximum Gasteiger partial charge on any atom is -0.000654 e. The monoisotopic (exact) mass is 268 g/mol. The average Bonchev–Trinajstić information content (AvgIpc) is 2.77. The first-order valence-electron chi connectivity index (χ1n) is 8.52. The van der Waals surface area contributed by atoms with E-state index in [2.05, 4.69) is 37.5 Å². The number of hydrogen-bond donors (Lipinski definition) is 0. The number of likely N-dealkylation sites (tertiary alicyclic amines) is 2. The zero-order valence-electron chi connectivity index (χ0n) is 13.8. The number of nitrogens with zero attached hydrogens (tertiary/aromatic N) is 2. The predicted octanol–water partition coefficient (Wildman–Crippen LogP) is 3.87. The van der Waals surface area contributed by atoms with Gasteiger partial charge in [-0.05, 0) is 83.2 Å². The number of hydrogen-bond acceptors (Lipinski definition) is 2. The van der Waals surface area contributed by atoms with Gasteiger partial charge in [-0.3, -0.25) is 0 Å². The Balaban J connectivity index is 0.000000191. The van der Waals surface area contributed by atoms with E-state index in [9.17, 15) is 0 Å². The quantitative estimate of drug-likeness (QED) is 0.721. The molecule has 0 saturated carbocycles. The first-order valence-corrected chi connectivity index (χ1v) is 8.52. The lowest BCUT2D eigenvalue weighted by molar-refractivity contribution is 0.172. The summed E-state index contributed by atoms with van der Waals surface area (Å²) in [6.45, 7) is 17.3. The van der Waals surface area contributed by atoms with E-state index in [1.807, 2.05) is 0 Å². The highest BCUT2D eigenvalue weighted by molar-refractivity contribution is 4.68. The molecule has 0 bridgehead atoms. The summed E-state index contributed by atoms with van der Waals surface area (Å²) in [5.41, 5.74) is 0. The highest BCUT2D eigenvalue weighted by Crippen LogP contribution is 2.10. The van der Waals surface area contributed by atoms with Gasteiger partial charge in [0, 0.05) is 0 Å². The van der Waals surface area contributed by atoms with E-state index in [0.717, 1.165) is 11.8 Å². The lowest BCUT2D eigenvalue weighted by atomic mass is 10.1. The summed E-state index contributed by atoms with van der Waals surface area (Å²) in [6.07, 6.45) is 7.04. The molecule has 0 spiro atoms. The molecule has 0 aromatic rings. The third-order valence-electron chi connectivity index (χ3n) is 4.19. The summed E-state index contributed by atoms with van der Waals surface area (Å²) in [4.78, 5) is 5.11. The summed E-state index contributed by atoms with van der Waals surface area (Å²) in [6, 6.07) is 0. The molecule has 114 valence electrons. The minimum atomic E-state index is 0.876. The second kappa shape index (κ2) is 9.77. The summed E-state index contributed by atoms with van der Waals surface area (Å²) in [5.74, 6) is 1.76. The third kappa shape index (κ3) is 8.65. The van der Waals surface area contributed by atoms with Crippen LogP contribution >= 0.6 is 0 Å². The Morgan fingerprint density at radius 2 is 1.00 bits per heavy atom. The molecule has 2 nitrogen and oxygen atoms in total. The van der Waals surface area contributed by atoms with Crippen molar-refractivity contribution >= 4 is 0 Å². The van der Waals surface area contributed by atoms with E-state index >= 15 is 0 Å². The molecule has 0 aromatic carbocycles. The van der Waals surface area contributed by atoms with Crippen molar-refractivity contribution in [1.29, 1.82) is 0 Å². The summed E-state index contributed by atoms with van der Waals surface area (Å²) < 4.78 is 0. The molecule has 0 radical (unpaired) electrons. The second-order valence-electron chi connectivity index (χ2n) is 7.11. The van der Waals surface area contributed by atoms with E-state index in [1.165, 1.54) is 71.4 Å². The summed E-state index contributed by atoms with van der Waals surface area (Å²) in [5, 5.41) is 0. The lowest BCUT2D eigenvalue weighted by Crippen LogP contribution is -2.38. The molecule has 0 amide bonds. The molecule has 2 aliphatic rings. The van der Waals surface area contributed by atoms with Gasteiger partial charge in [0.1, 0.15) is 0 Å². The van der Waals surface area contributed by atoms with E-state index in [-0.39, 0.29) is 0 Å². The Kier molecular flexibility index (Phi) is 8.72. The van der Waals surface area contributed by atoms with Crippen LogP contribution in [0.3, 0.4) is 0 Å². The van der Waals surface area contributed by atoms with Gasteiger partial charge in [0.05, 0.1) is 0 Å². The topological polar surface area (TPSA) is 6.48 Å². The van der Waals surface area contributed by atoms with E-state index < -0.39 is 0 Å². The lowest BCUT2D eigenvalue weighted by Gasteiger charge is -2.31. The van der Waals surface area contributed by atoms with Crippen LogP contribution in [0.5, 0.6) is 0 Å². The van der Waals surface area contributed by atoms with Crippen molar-refractivity contribution in [2.45, 2.75) is 59.8 Å². The molecule has 19 heavy (non-hydrogen) atoms. The highest BCUT2D eigenvalue weighted by Gasteiger charge is 2.12. The van der Waals surface area contributed by atoms with Crippen LogP contribution in [-0.4, -0.2) is 49.1 Å². The smallest absolute Gasteiger partial charge is 0.000654 e. The third-order valence-corrected chi connectivity index (χ3v) is 4.19. The molecule has 2 heteroatoms. The first kappa shape index (κ1) is 17.0. The van der Waals surface area contributed by atoms with Gasteiger partial charge >= 0.3 is 0 Å². The first-order chi connectivity index (χ1) is 9.08. The molecule has 2 saturated heterocycles. The molecule has 0 N–H and O–H groups in total. The van der Waals surface area contributed by atoms with Crippen molar-refractivity contribution in [2.75, 3.05) is 39.3 Å². The minimum absolute atomic E-state index is 0.876. The molecule has 2 heterocycles. The summed E-state index contributed by atoms with van der Waals surface area (Å²) in [7, 11) is 0. The second-order valence-corrected chi connectivity index (χ2v) is 7.11. The van der Waals surface area contributed by atoms with Crippen molar-refractivity contribution in [3.05, 3.63) is 0 Å². The predicted molar refractivity (Wildman–Crippen MR) is 85.6 cm³/mol. The molecule has 0 aliphatic carbocycles. The Morgan fingerprint density at radius 3 is 1.26 bits per heavy atom. The normalized spacial score (nSPS) is 20.5. The van der Waals surface area contributed by atoms with Crippen molar-refractivity contribution in [2.24, 2.45) is 11.8 Å². The molecule has 2 fully saturated rings. The Morgan fingerprint density at radius 1 is 0.632 bits per heavy atom.